The molecule has 0 saturated carbocycles. The van der Waals surface area contributed by atoms with Crippen LogP contribution in [0.25, 0.3) is 0 Å². The van der Waals surface area contributed by atoms with Crippen molar-refractivity contribution in [1.82, 2.24) is 10.3 Å². The van der Waals surface area contributed by atoms with Crippen LogP contribution in [0, 0.1) is 5.82 Å². The van der Waals surface area contributed by atoms with Crippen LogP contribution in [0.5, 0.6) is 0 Å². The topological polar surface area (TPSA) is 34.2 Å². The lowest BCUT2D eigenvalue weighted by molar-refractivity contribution is -0.0890. The van der Waals surface area contributed by atoms with E-state index in [2.05, 4.69) is 10.3 Å². The second-order valence-corrected chi connectivity index (χ2v) is 4.74. The number of halogens is 1. The summed E-state index contributed by atoms with van der Waals surface area (Å²) in [6.45, 7) is 2.80. The van der Waals surface area contributed by atoms with Gasteiger partial charge < -0.3 is 10.1 Å². The summed E-state index contributed by atoms with van der Waals surface area (Å²) >= 11 is 0. The summed E-state index contributed by atoms with van der Waals surface area (Å²) in [6, 6.07) is 1.59. The first-order valence-corrected chi connectivity index (χ1v) is 6.08. The average Bonchev–Trinajstić information content (AvgIpc) is 2.33. The molecule has 1 aromatic rings. The van der Waals surface area contributed by atoms with Crippen molar-refractivity contribution in [1.29, 1.82) is 0 Å². The second kappa shape index (κ2) is 5.10. The van der Waals surface area contributed by atoms with Crippen molar-refractivity contribution in [3.05, 3.63) is 29.8 Å². The van der Waals surface area contributed by atoms with Crippen molar-refractivity contribution < 1.29 is 9.13 Å². The van der Waals surface area contributed by atoms with E-state index in [1.165, 1.54) is 6.20 Å². The number of nitrogens with one attached hydrogen (secondary N) is 1. The number of nitrogens with zero attached hydrogens (tertiary/aromatic N) is 1. The fourth-order valence-corrected chi connectivity index (χ4v) is 2.59. The molecule has 1 fully saturated rings. The Morgan fingerprint density at radius 1 is 1.53 bits per heavy atom. The average molecular weight is 238 g/mol. The summed E-state index contributed by atoms with van der Waals surface area (Å²) in [7, 11) is 1.84. The standard InChI is InChI=1S/C13H19FN2O/c1-13(6-3-4-8-17-13)12(15-2)10-5-7-16-9-11(10)14/h5,7,9,12,15H,3-4,6,8H2,1-2H3. The molecule has 4 heteroatoms. The summed E-state index contributed by atoms with van der Waals surface area (Å²) < 4.78 is 19.7. The highest BCUT2D eigenvalue weighted by atomic mass is 19.1. The van der Waals surface area contributed by atoms with Crippen LogP contribution in [0.1, 0.15) is 37.8 Å². The molecule has 0 spiro atoms. The molecule has 3 nitrogen and oxygen atoms in total. The van der Waals surface area contributed by atoms with E-state index in [9.17, 15) is 4.39 Å². The SMILES string of the molecule is CNC(c1ccncc1F)C1(C)CCCCO1. The quantitative estimate of drug-likeness (QED) is 0.878. The van der Waals surface area contributed by atoms with Crippen LogP contribution in [0.3, 0.4) is 0 Å². The maximum absolute atomic E-state index is 13.8. The van der Waals surface area contributed by atoms with E-state index in [4.69, 9.17) is 4.74 Å². The van der Waals surface area contributed by atoms with Crippen LogP contribution in [0.15, 0.2) is 18.5 Å². The molecule has 1 N–H and O–H groups in total. The summed E-state index contributed by atoms with van der Waals surface area (Å²) in [4.78, 5) is 3.79. The van der Waals surface area contributed by atoms with Crippen molar-refractivity contribution in [3.8, 4) is 0 Å². The summed E-state index contributed by atoms with van der Waals surface area (Å²) in [5, 5.41) is 3.18. The molecule has 0 aliphatic carbocycles. The van der Waals surface area contributed by atoms with E-state index in [0.29, 0.717) is 5.56 Å². The lowest BCUT2D eigenvalue weighted by Crippen LogP contribution is -2.45. The van der Waals surface area contributed by atoms with Crippen molar-refractivity contribution >= 4 is 0 Å². The number of ether oxygens (including phenoxy) is 1. The lowest BCUT2D eigenvalue weighted by atomic mass is 9.84. The number of rotatable bonds is 3. The Bertz CT molecular complexity index is 377. The Balaban J connectivity index is 2.29. The van der Waals surface area contributed by atoms with Gasteiger partial charge in [0, 0.05) is 18.4 Å². The zero-order valence-electron chi connectivity index (χ0n) is 10.4. The monoisotopic (exact) mass is 238 g/mol. The third kappa shape index (κ3) is 2.48. The summed E-state index contributed by atoms with van der Waals surface area (Å²) in [6.07, 6.45) is 6.04. The third-order valence-corrected chi connectivity index (χ3v) is 3.51. The van der Waals surface area contributed by atoms with E-state index in [-0.39, 0.29) is 17.5 Å². The molecule has 2 unspecified atom stereocenters. The highest BCUT2D eigenvalue weighted by Gasteiger charge is 2.38. The minimum Gasteiger partial charge on any atom is -0.373 e. The maximum atomic E-state index is 13.8. The van der Waals surface area contributed by atoms with Gasteiger partial charge in [-0.3, -0.25) is 4.98 Å². The van der Waals surface area contributed by atoms with Gasteiger partial charge in [0.1, 0.15) is 5.82 Å². The van der Waals surface area contributed by atoms with Crippen LogP contribution in [-0.2, 0) is 4.74 Å². The van der Waals surface area contributed by atoms with Crippen LogP contribution in [0.4, 0.5) is 4.39 Å². The van der Waals surface area contributed by atoms with Gasteiger partial charge in [-0.1, -0.05) is 0 Å². The van der Waals surface area contributed by atoms with E-state index in [1.807, 2.05) is 14.0 Å². The van der Waals surface area contributed by atoms with Gasteiger partial charge in [-0.05, 0) is 39.3 Å². The normalized spacial score (nSPS) is 26.8. The third-order valence-electron chi connectivity index (χ3n) is 3.51. The van der Waals surface area contributed by atoms with E-state index < -0.39 is 0 Å². The highest BCUT2D eigenvalue weighted by Crippen LogP contribution is 2.36. The zero-order chi connectivity index (χ0) is 12.3. The van der Waals surface area contributed by atoms with Gasteiger partial charge >= 0.3 is 0 Å². The molecular weight excluding hydrogens is 219 g/mol. The van der Waals surface area contributed by atoms with E-state index in [0.717, 1.165) is 25.9 Å². The van der Waals surface area contributed by atoms with Crippen LogP contribution < -0.4 is 5.32 Å². The Hall–Kier alpha value is -1.00. The predicted octanol–water partition coefficient (Wildman–Crippen LogP) is 2.44. The molecule has 1 aliphatic heterocycles. The smallest absolute Gasteiger partial charge is 0.146 e. The molecule has 17 heavy (non-hydrogen) atoms. The molecule has 0 amide bonds. The minimum absolute atomic E-state index is 0.134. The molecule has 94 valence electrons. The Kier molecular flexibility index (Phi) is 3.74. The lowest BCUT2D eigenvalue weighted by Gasteiger charge is -2.40. The van der Waals surface area contributed by atoms with Gasteiger partial charge in [0.25, 0.3) is 0 Å². The first-order chi connectivity index (χ1) is 8.17. The van der Waals surface area contributed by atoms with Gasteiger partial charge in [0.15, 0.2) is 0 Å². The van der Waals surface area contributed by atoms with Gasteiger partial charge in [-0.15, -0.1) is 0 Å². The van der Waals surface area contributed by atoms with Crippen molar-refractivity contribution in [3.63, 3.8) is 0 Å². The number of likely N-dealkylation sites (N-methyl/N-ethyl adjacent to an activating group) is 1. The number of hydrogen-bond acceptors (Lipinski definition) is 3. The fourth-order valence-electron chi connectivity index (χ4n) is 2.59. The number of pyridine rings is 1. The molecular formula is C13H19FN2O. The van der Waals surface area contributed by atoms with Crippen LogP contribution in [-0.4, -0.2) is 24.2 Å². The molecule has 2 rings (SSSR count). The highest BCUT2D eigenvalue weighted by molar-refractivity contribution is 5.21. The number of hydrogen-bond donors (Lipinski definition) is 1. The van der Waals surface area contributed by atoms with Gasteiger partial charge in [0.2, 0.25) is 0 Å². The second-order valence-electron chi connectivity index (χ2n) is 4.74. The summed E-state index contributed by atoms with van der Waals surface area (Å²) in [5.41, 5.74) is 0.293. The molecule has 1 aliphatic rings. The predicted molar refractivity (Wildman–Crippen MR) is 64.2 cm³/mol. The molecule has 0 bridgehead atoms. The van der Waals surface area contributed by atoms with E-state index >= 15 is 0 Å². The van der Waals surface area contributed by atoms with Crippen molar-refractivity contribution in [2.75, 3.05) is 13.7 Å². The van der Waals surface area contributed by atoms with Gasteiger partial charge in [-0.2, -0.15) is 0 Å². The molecule has 1 saturated heterocycles. The van der Waals surface area contributed by atoms with Crippen molar-refractivity contribution in [2.45, 2.75) is 37.8 Å². The molecule has 2 heterocycles. The Labute approximate surface area is 101 Å². The van der Waals surface area contributed by atoms with Crippen LogP contribution >= 0.6 is 0 Å². The maximum Gasteiger partial charge on any atom is 0.146 e. The molecule has 1 aromatic heterocycles. The number of aromatic nitrogens is 1. The van der Waals surface area contributed by atoms with Crippen molar-refractivity contribution in [2.24, 2.45) is 0 Å². The molecule has 0 radical (unpaired) electrons. The fraction of sp³-hybridized carbons (Fsp3) is 0.615. The van der Waals surface area contributed by atoms with Gasteiger partial charge in [0.05, 0.1) is 17.8 Å². The first kappa shape index (κ1) is 12.5. The first-order valence-electron chi connectivity index (χ1n) is 6.08. The van der Waals surface area contributed by atoms with Crippen LogP contribution in [0.2, 0.25) is 0 Å². The Morgan fingerprint density at radius 2 is 2.35 bits per heavy atom. The minimum atomic E-state index is -0.338. The van der Waals surface area contributed by atoms with Gasteiger partial charge in [-0.25, -0.2) is 4.39 Å². The Morgan fingerprint density at radius 3 is 2.94 bits per heavy atom. The van der Waals surface area contributed by atoms with E-state index in [1.54, 1.807) is 12.3 Å². The zero-order valence-corrected chi connectivity index (χ0v) is 10.4. The molecule has 2 atom stereocenters. The molecule has 0 aromatic carbocycles. The largest absolute Gasteiger partial charge is 0.373 e. The summed E-state index contributed by atoms with van der Waals surface area (Å²) in [5.74, 6) is -0.276.